The van der Waals surface area contributed by atoms with Crippen LogP contribution in [0.15, 0.2) is 70.0 Å². The second-order valence-electron chi connectivity index (χ2n) is 4.73. The number of rotatable bonds is 5. The van der Waals surface area contributed by atoms with Gasteiger partial charge in [0.25, 0.3) is 0 Å². The van der Waals surface area contributed by atoms with Gasteiger partial charge in [0, 0.05) is 16.2 Å². The van der Waals surface area contributed by atoms with Gasteiger partial charge in [-0.15, -0.1) is 11.8 Å². The first-order valence-electron chi connectivity index (χ1n) is 6.78. The number of furan rings is 1. The predicted octanol–water partition coefficient (Wildman–Crippen LogP) is 5.19. The van der Waals surface area contributed by atoms with Crippen molar-refractivity contribution in [2.75, 3.05) is 0 Å². The molecule has 0 unspecified atom stereocenters. The number of carbonyl (C=O) groups is 1. The molecule has 110 valence electrons. The van der Waals surface area contributed by atoms with Crippen LogP contribution in [0.3, 0.4) is 0 Å². The first kappa shape index (κ1) is 14.6. The summed E-state index contributed by atoms with van der Waals surface area (Å²) in [5.74, 6) is 1.40. The van der Waals surface area contributed by atoms with Crippen molar-refractivity contribution in [3.8, 4) is 11.3 Å². The molecule has 0 saturated carbocycles. The van der Waals surface area contributed by atoms with E-state index in [1.165, 1.54) is 12.1 Å². The van der Waals surface area contributed by atoms with E-state index in [-0.39, 0.29) is 5.82 Å². The standard InChI is InChI=1S/C18H13FO2S/c19-14-5-3-4-13(10-14)12-22-18-7-2-1-6-16(18)17-9-8-15(11-20)21-17/h1-11H,12H2. The first-order valence-corrected chi connectivity index (χ1v) is 7.76. The third-order valence-electron chi connectivity index (χ3n) is 3.18. The summed E-state index contributed by atoms with van der Waals surface area (Å²) in [6.45, 7) is 0. The Hall–Kier alpha value is -2.33. The molecule has 0 spiro atoms. The van der Waals surface area contributed by atoms with Crippen LogP contribution < -0.4 is 0 Å². The molecule has 4 heteroatoms. The molecule has 1 aromatic heterocycles. The van der Waals surface area contributed by atoms with Gasteiger partial charge in [-0.2, -0.15) is 0 Å². The van der Waals surface area contributed by atoms with Gasteiger partial charge in [-0.05, 0) is 35.9 Å². The van der Waals surface area contributed by atoms with Crippen LogP contribution in [0.4, 0.5) is 4.39 Å². The Morgan fingerprint density at radius 3 is 2.68 bits per heavy atom. The summed E-state index contributed by atoms with van der Waals surface area (Å²) in [7, 11) is 0. The van der Waals surface area contributed by atoms with E-state index >= 15 is 0 Å². The van der Waals surface area contributed by atoms with E-state index in [9.17, 15) is 9.18 Å². The molecule has 3 aromatic rings. The van der Waals surface area contributed by atoms with Crippen LogP contribution >= 0.6 is 11.8 Å². The van der Waals surface area contributed by atoms with Crippen molar-refractivity contribution in [3.63, 3.8) is 0 Å². The largest absolute Gasteiger partial charge is 0.453 e. The van der Waals surface area contributed by atoms with Gasteiger partial charge < -0.3 is 4.42 Å². The molecule has 2 aromatic carbocycles. The molecular formula is C18H13FO2S. The molecular weight excluding hydrogens is 299 g/mol. The second-order valence-corrected chi connectivity index (χ2v) is 5.75. The minimum atomic E-state index is -0.229. The lowest BCUT2D eigenvalue weighted by molar-refractivity contribution is 0.110. The number of aldehydes is 1. The average molecular weight is 312 g/mol. The minimum absolute atomic E-state index is 0.229. The fraction of sp³-hybridized carbons (Fsp3) is 0.0556. The summed E-state index contributed by atoms with van der Waals surface area (Å²) in [5.41, 5.74) is 1.85. The Labute approximate surface area is 132 Å². The third-order valence-corrected chi connectivity index (χ3v) is 4.32. The van der Waals surface area contributed by atoms with Gasteiger partial charge in [0.2, 0.25) is 0 Å². The van der Waals surface area contributed by atoms with Gasteiger partial charge in [0.1, 0.15) is 11.6 Å². The van der Waals surface area contributed by atoms with Crippen molar-refractivity contribution in [2.24, 2.45) is 0 Å². The van der Waals surface area contributed by atoms with Crippen molar-refractivity contribution in [1.29, 1.82) is 0 Å². The van der Waals surface area contributed by atoms with Crippen LogP contribution in [0.2, 0.25) is 0 Å². The molecule has 2 nitrogen and oxygen atoms in total. The predicted molar refractivity (Wildman–Crippen MR) is 85.5 cm³/mol. The van der Waals surface area contributed by atoms with Gasteiger partial charge in [-0.3, -0.25) is 4.79 Å². The molecule has 0 saturated heterocycles. The Morgan fingerprint density at radius 2 is 1.91 bits per heavy atom. The molecule has 0 aliphatic rings. The van der Waals surface area contributed by atoms with Crippen LogP contribution in [0.5, 0.6) is 0 Å². The zero-order chi connectivity index (χ0) is 15.4. The summed E-state index contributed by atoms with van der Waals surface area (Å²) in [6.07, 6.45) is 0.687. The van der Waals surface area contributed by atoms with Crippen LogP contribution in [0, 0.1) is 5.82 Å². The lowest BCUT2D eigenvalue weighted by Gasteiger charge is -2.07. The SMILES string of the molecule is O=Cc1ccc(-c2ccccc2SCc2cccc(F)c2)o1. The van der Waals surface area contributed by atoms with E-state index in [2.05, 4.69) is 0 Å². The van der Waals surface area contributed by atoms with Crippen LogP contribution in [-0.2, 0) is 5.75 Å². The zero-order valence-corrected chi connectivity index (χ0v) is 12.5. The summed E-state index contributed by atoms with van der Waals surface area (Å²) >= 11 is 1.61. The maximum absolute atomic E-state index is 13.2. The van der Waals surface area contributed by atoms with E-state index < -0.39 is 0 Å². The third kappa shape index (κ3) is 3.28. The molecule has 0 amide bonds. The Morgan fingerprint density at radius 1 is 1.05 bits per heavy atom. The highest BCUT2D eigenvalue weighted by molar-refractivity contribution is 7.98. The van der Waals surface area contributed by atoms with Crippen LogP contribution in [0.25, 0.3) is 11.3 Å². The number of benzene rings is 2. The maximum Gasteiger partial charge on any atom is 0.185 e. The highest BCUT2D eigenvalue weighted by Gasteiger charge is 2.10. The number of hydrogen-bond acceptors (Lipinski definition) is 3. The second kappa shape index (κ2) is 6.62. The lowest BCUT2D eigenvalue weighted by atomic mass is 10.2. The number of halogens is 1. The first-order chi connectivity index (χ1) is 10.8. The molecule has 0 aliphatic heterocycles. The molecule has 0 fully saturated rings. The smallest absolute Gasteiger partial charge is 0.185 e. The quantitative estimate of drug-likeness (QED) is 0.480. The average Bonchev–Trinajstić information content (AvgIpc) is 3.02. The molecule has 0 aliphatic carbocycles. The molecule has 22 heavy (non-hydrogen) atoms. The topological polar surface area (TPSA) is 30.2 Å². The van der Waals surface area contributed by atoms with Crippen molar-refractivity contribution < 1.29 is 13.6 Å². The minimum Gasteiger partial charge on any atom is -0.453 e. The summed E-state index contributed by atoms with van der Waals surface area (Å²) < 4.78 is 18.7. The van der Waals surface area contributed by atoms with E-state index in [1.54, 1.807) is 30.0 Å². The highest BCUT2D eigenvalue weighted by atomic mass is 32.2. The van der Waals surface area contributed by atoms with Crippen LogP contribution in [0.1, 0.15) is 16.1 Å². The molecule has 3 rings (SSSR count). The highest BCUT2D eigenvalue weighted by Crippen LogP contribution is 2.34. The van der Waals surface area contributed by atoms with Crippen molar-refractivity contribution in [3.05, 3.63) is 77.8 Å². The van der Waals surface area contributed by atoms with E-state index in [4.69, 9.17) is 4.42 Å². The Balaban J connectivity index is 1.83. The monoisotopic (exact) mass is 312 g/mol. The summed E-state index contributed by atoms with van der Waals surface area (Å²) in [4.78, 5) is 11.8. The molecule has 0 radical (unpaired) electrons. The van der Waals surface area contributed by atoms with Gasteiger partial charge in [0.05, 0.1) is 0 Å². The Bertz CT molecular complexity index is 795. The van der Waals surface area contributed by atoms with E-state index in [0.29, 0.717) is 23.6 Å². The fourth-order valence-corrected chi connectivity index (χ4v) is 3.15. The Kier molecular flexibility index (Phi) is 4.39. The van der Waals surface area contributed by atoms with E-state index in [1.807, 2.05) is 30.3 Å². The van der Waals surface area contributed by atoms with Gasteiger partial charge in [0.15, 0.2) is 12.0 Å². The van der Waals surface area contributed by atoms with Crippen molar-refractivity contribution >= 4 is 18.0 Å². The number of hydrogen-bond donors (Lipinski definition) is 0. The van der Waals surface area contributed by atoms with Gasteiger partial charge in [-0.1, -0.05) is 30.3 Å². The van der Waals surface area contributed by atoms with E-state index in [0.717, 1.165) is 16.0 Å². The normalized spacial score (nSPS) is 10.6. The lowest BCUT2D eigenvalue weighted by Crippen LogP contribution is -1.85. The van der Waals surface area contributed by atoms with Gasteiger partial charge in [-0.25, -0.2) is 4.39 Å². The molecule has 0 bridgehead atoms. The number of carbonyl (C=O) groups excluding carboxylic acids is 1. The van der Waals surface area contributed by atoms with Crippen LogP contribution in [-0.4, -0.2) is 6.29 Å². The summed E-state index contributed by atoms with van der Waals surface area (Å²) in [6, 6.07) is 17.8. The number of thioether (sulfide) groups is 1. The zero-order valence-electron chi connectivity index (χ0n) is 11.7. The molecule has 0 N–H and O–H groups in total. The maximum atomic E-state index is 13.2. The van der Waals surface area contributed by atoms with Crippen molar-refractivity contribution in [2.45, 2.75) is 10.6 Å². The molecule has 1 heterocycles. The fourth-order valence-electron chi connectivity index (χ4n) is 2.14. The summed E-state index contributed by atoms with van der Waals surface area (Å²) in [5, 5.41) is 0. The van der Waals surface area contributed by atoms with Crippen molar-refractivity contribution in [1.82, 2.24) is 0 Å². The molecule has 0 atom stereocenters. The van der Waals surface area contributed by atoms with Gasteiger partial charge >= 0.3 is 0 Å².